The van der Waals surface area contributed by atoms with Gasteiger partial charge in [0.15, 0.2) is 0 Å². The van der Waals surface area contributed by atoms with Crippen LogP contribution in [0.4, 0.5) is 0 Å². The Kier molecular flexibility index (Phi) is 2.25. The minimum Gasteiger partial charge on any atom is -0.0602 e. The molecule has 3 unspecified atom stereocenters. The van der Waals surface area contributed by atoms with Crippen LogP contribution in [0.5, 0.6) is 0 Å². The fourth-order valence-corrected chi connectivity index (χ4v) is 3.99. The third kappa shape index (κ3) is 1.61. The molecule has 0 amide bonds. The molecule has 2 bridgehead atoms. The van der Waals surface area contributed by atoms with Crippen molar-refractivity contribution in [2.24, 2.45) is 28.6 Å². The van der Waals surface area contributed by atoms with Crippen LogP contribution in [0.2, 0.25) is 0 Å². The van der Waals surface area contributed by atoms with E-state index in [0.717, 1.165) is 17.8 Å². The number of hydrogen-bond donors (Lipinski definition) is 0. The predicted molar refractivity (Wildman–Crippen MR) is 62.2 cm³/mol. The topological polar surface area (TPSA) is 0 Å². The van der Waals surface area contributed by atoms with Gasteiger partial charge in [-0.05, 0) is 54.3 Å². The van der Waals surface area contributed by atoms with E-state index < -0.39 is 0 Å². The van der Waals surface area contributed by atoms with Gasteiger partial charge < -0.3 is 0 Å². The second kappa shape index (κ2) is 3.00. The van der Waals surface area contributed by atoms with Gasteiger partial charge in [0.05, 0.1) is 0 Å². The number of hydrogen-bond acceptors (Lipinski definition) is 0. The predicted octanol–water partition coefficient (Wildman–Crippen LogP) is 4.49. The smallest absolute Gasteiger partial charge is 0.0295 e. The molecule has 3 aliphatic carbocycles. The van der Waals surface area contributed by atoms with Gasteiger partial charge in [0.2, 0.25) is 0 Å². The van der Waals surface area contributed by atoms with Crippen LogP contribution >= 0.6 is 0 Å². The molecule has 0 N–H and O–H groups in total. The van der Waals surface area contributed by atoms with Crippen LogP contribution < -0.4 is 0 Å². The first-order valence-corrected chi connectivity index (χ1v) is 6.31. The maximum atomic E-state index is 2.50. The Morgan fingerprint density at radius 1 is 1.14 bits per heavy atom. The number of rotatable bonds is 1. The van der Waals surface area contributed by atoms with Crippen molar-refractivity contribution in [2.75, 3.05) is 0 Å². The monoisotopic (exact) mass is 194 g/mol. The number of fused-ring (bicyclic) bond motifs is 2. The molecule has 0 saturated heterocycles. The highest BCUT2D eigenvalue weighted by atomic mass is 14.6. The molecule has 3 rings (SSSR count). The second-order valence-corrected chi connectivity index (χ2v) is 7.46. The summed E-state index contributed by atoms with van der Waals surface area (Å²) in [6, 6.07) is 0. The van der Waals surface area contributed by atoms with Crippen molar-refractivity contribution >= 4 is 0 Å². The van der Waals surface area contributed by atoms with Crippen LogP contribution in [-0.4, -0.2) is 0 Å². The molecule has 0 aliphatic heterocycles. The molecule has 0 heteroatoms. The maximum Gasteiger partial charge on any atom is -0.0295 e. The molecule has 0 spiro atoms. The highest BCUT2D eigenvalue weighted by Gasteiger charge is 2.54. The van der Waals surface area contributed by atoms with E-state index in [0.29, 0.717) is 10.8 Å². The summed E-state index contributed by atoms with van der Waals surface area (Å²) in [5, 5.41) is 0. The van der Waals surface area contributed by atoms with Crippen molar-refractivity contribution in [1.29, 1.82) is 0 Å². The van der Waals surface area contributed by atoms with Gasteiger partial charge >= 0.3 is 0 Å². The van der Waals surface area contributed by atoms with Gasteiger partial charge in [-0.3, -0.25) is 0 Å². The van der Waals surface area contributed by atoms with E-state index in [1.807, 2.05) is 0 Å². The molecule has 3 aliphatic rings. The first-order valence-electron chi connectivity index (χ1n) is 6.31. The average molecular weight is 194 g/mol. The fourth-order valence-electron chi connectivity index (χ4n) is 3.99. The Morgan fingerprint density at radius 2 is 1.79 bits per heavy atom. The van der Waals surface area contributed by atoms with E-state index in [9.17, 15) is 0 Å². The molecule has 0 aromatic carbocycles. The average Bonchev–Trinajstić information content (AvgIpc) is 2.00. The Labute approximate surface area is 89.5 Å². The zero-order chi connectivity index (χ0) is 10.6. The zero-order valence-corrected chi connectivity index (χ0v) is 10.6. The van der Waals surface area contributed by atoms with E-state index in [4.69, 9.17) is 0 Å². The Hall–Kier alpha value is 0. The zero-order valence-electron chi connectivity index (χ0n) is 10.6. The minimum absolute atomic E-state index is 0.531. The lowest BCUT2D eigenvalue weighted by atomic mass is 9.44. The Balaban J connectivity index is 2.01. The molecule has 0 heterocycles. The van der Waals surface area contributed by atoms with Gasteiger partial charge in [-0.25, -0.2) is 0 Å². The molecule has 3 fully saturated rings. The van der Waals surface area contributed by atoms with Crippen LogP contribution in [0.3, 0.4) is 0 Å². The maximum absolute atomic E-state index is 2.50. The normalized spacial score (nSPS) is 40.5. The van der Waals surface area contributed by atoms with Crippen molar-refractivity contribution in [3.63, 3.8) is 0 Å². The highest BCUT2D eigenvalue weighted by molar-refractivity contribution is 5.03. The van der Waals surface area contributed by atoms with Crippen molar-refractivity contribution in [1.82, 2.24) is 0 Å². The van der Waals surface area contributed by atoms with Crippen molar-refractivity contribution in [3.05, 3.63) is 0 Å². The van der Waals surface area contributed by atoms with E-state index >= 15 is 0 Å². The molecule has 3 atom stereocenters. The summed E-state index contributed by atoms with van der Waals surface area (Å²) in [5.74, 6) is 3.12. The van der Waals surface area contributed by atoms with Gasteiger partial charge in [-0.1, -0.05) is 34.6 Å². The van der Waals surface area contributed by atoms with Gasteiger partial charge in [0.25, 0.3) is 0 Å². The lowest BCUT2D eigenvalue weighted by Crippen LogP contribution is -2.52. The van der Waals surface area contributed by atoms with Gasteiger partial charge in [0, 0.05) is 0 Å². The van der Waals surface area contributed by atoms with E-state index in [1.54, 1.807) is 0 Å². The summed E-state index contributed by atoms with van der Waals surface area (Å²) in [4.78, 5) is 0. The summed E-state index contributed by atoms with van der Waals surface area (Å²) < 4.78 is 0. The van der Waals surface area contributed by atoms with Crippen molar-refractivity contribution in [2.45, 2.75) is 60.3 Å². The molecule has 3 saturated carbocycles. The van der Waals surface area contributed by atoms with Gasteiger partial charge in [-0.15, -0.1) is 0 Å². The third-order valence-electron chi connectivity index (χ3n) is 4.88. The molecule has 0 radical (unpaired) electrons. The summed E-state index contributed by atoms with van der Waals surface area (Å²) in [7, 11) is 0. The quantitative estimate of drug-likeness (QED) is 0.577. The van der Waals surface area contributed by atoms with E-state index in [2.05, 4.69) is 34.6 Å². The molecular formula is C14H26. The first-order chi connectivity index (χ1) is 6.31. The lowest BCUT2D eigenvalue weighted by molar-refractivity contribution is -0.113. The van der Waals surface area contributed by atoms with Crippen LogP contribution in [0.1, 0.15) is 60.3 Å². The molecule has 14 heavy (non-hydrogen) atoms. The molecular weight excluding hydrogens is 168 g/mol. The highest BCUT2D eigenvalue weighted by Crippen LogP contribution is 2.62. The third-order valence-corrected chi connectivity index (χ3v) is 4.88. The van der Waals surface area contributed by atoms with Crippen LogP contribution in [0, 0.1) is 28.6 Å². The van der Waals surface area contributed by atoms with E-state index in [-0.39, 0.29) is 0 Å². The SMILES string of the molecule is CC(C)(C)CC1CCC2CC1C2(C)C. The van der Waals surface area contributed by atoms with Crippen LogP contribution in [0.25, 0.3) is 0 Å². The lowest BCUT2D eigenvalue weighted by Gasteiger charge is -2.61. The van der Waals surface area contributed by atoms with Crippen LogP contribution in [-0.2, 0) is 0 Å². The van der Waals surface area contributed by atoms with Crippen molar-refractivity contribution < 1.29 is 0 Å². The largest absolute Gasteiger partial charge is 0.0602 e. The first kappa shape index (κ1) is 10.5. The fraction of sp³-hybridized carbons (Fsp3) is 1.00. The molecule has 0 aromatic heterocycles. The molecule has 0 aromatic rings. The summed E-state index contributed by atoms with van der Waals surface area (Å²) in [6.07, 6.45) is 5.99. The molecule has 0 nitrogen and oxygen atoms in total. The van der Waals surface area contributed by atoms with Crippen LogP contribution in [0.15, 0.2) is 0 Å². The molecule has 82 valence electrons. The van der Waals surface area contributed by atoms with Crippen molar-refractivity contribution in [3.8, 4) is 0 Å². The Morgan fingerprint density at radius 3 is 2.21 bits per heavy atom. The van der Waals surface area contributed by atoms with Gasteiger partial charge in [-0.2, -0.15) is 0 Å². The minimum atomic E-state index is 0.531. The van der Waals surface area contributed by atoms with E-state index in [1.165, 1.54) is 25.7 Å². The van der Waals surface area contributed by atoms with Gasteiger partial charge in [0.1, 0.15) is 0 Å². The summed E-state index contributed by atoms with van der Waals surface area (Å²) in [6.45, 7) is 12.2. The second-order valence-electron chi connectivity index (χ2n) is 7.46. The summed E-state index contributed by atoms with van der Waals surface area (Å²) in [5.41, 5.74) is 1.21. The summed E-state index contributed by atoms with van der Waals surface area (Å²) >= 11 is 0. The Bertz CT molecular complexity index is 217. The standard InChI is InChI=1S/C14H26/c1-13(2,3)9-10-6-7-11-8-12(10)14(11,4)5/h10-12H,6-9H2,1-5H3.